The van der Waals surface area contributed by atoms with Crippen LogP contribution in [0.4, 0.5) is 0 Å². The number of hydrogen-bond acceptors (Lipinski definition) is 1. The first kappa shape index (κ1) is 12.5. The van der Waals surface area contributed by atoms with Crippen LogP contribution in [0.2, 0.25) is 19.6 Å². The predicted octanol–water partition coefficient (Wildman–Crippen LogP) is 3.86. The maximum absolute atomic E-state index is 6.00. The summed E-state index contributed by atoms with van der Waals surface area (Å²) in [7, 11) is -1.16. The van der Waals surface area contributed by atoms with E-state index in [0.29, 0.717) is 5.73 Å². The highest BCUT2D eigenvalue weighted by atomic mass is 28.3. The molecule has 84 valence electrons. The van der Waals surface area contributed by atoms with Crippen LogP contribution in [0.15, 0.2) is 30.3 Å². The van der Waals surface area contributed by atoms with Crippen molar-refractivity contribution < 1.29 is 4.74 Å². The van der Waals surface area contributed by atoms with Gasteiger partial charge in [-0.25, -0.2) is 0 Å². The first-order valence-electron chi connectivity index (χ1n) is 5.69. The molecule has 0 aliphatic heterocycles. The van der Waals surface area contributed by atoms with E-state index >= 15 is 0 Å². The molecule has 2 heteroatoms. The van der Waals surface area contributed by atoms with Gasteiger partial charge in [0.15, 0.2) is 0 Å². The second kappa shape index (κ2) is 5.47. The average Bonchev–Trinajstić information content (AvgIpc) is 2.18. The molecule has 1 unspecified atom stereocenters. The number of benzene rings is 1. The van der Waals surface area contributed by atoms with E-state index in [1.54, 1.807) is 0 Å². The molecule has 0 N–H and O–H groups in total. The molecule has 1 aromatic rings. The largest absolute Gasteiger partial charge is 0.377 e. The third kappa shape index (κ3) is 4.18. The lowest BCUT2D eigenvalue weighted by Crippen LogP contribution is -2.39. The Labute approximate surface area is 94.5 Å². The Hall–Kier alpha value is -0.603. The van der Waals surface area contributed by atoms with E-state index in [1.165, 1.54) is 5.56 Å². The zero-order chi connectivity index (χ0) is 11.3. The van der Waals surface area contributed by atoms with Crippen LogP contribution in [0.1, 0.15) is 18.9 Å². The second-order valence-corrected chi connectivity index (χ2v) is 10.4. The van der Waals surface area contributed by atoms with Crippen LogP contribution < -0.4 is 0 Å². The van der Waals surface area contributed by atoms with Crippen molar-refractivity contribution in [1.29, 1.82) is 0 Å². The van der Waals surface area contributed by atoms with E-state index in [0.717, 1.165) is 13.0 Å². The van der Waals surface area contributed by atoms with Gasteiger partial charge in [-0.3, -0.25) is 0 Å². The van der Waals surface area contributed by atoms with Gasteiger partial charge in [0.05, 0.1) is 14.7 Å². The molecule has 0 amide bonds. The molecular weight excluding hydrogens is 200 g/mol. The molecule has 0 bridgehead atoms. The quantitative estimate of drug-likeness (QED) is 0.687. The third-order valence-electron chi connectivity index (χ3n) is 2.63. The summed E-state index contributed by atoms with van der Waals surface area (Å²) in [5.41, 5.74) is 1.74. The highest BCUT2D eigenvalue weighted by molar-refractivity contribution is 6.77. The van der Waals surface area contributed by atoms with Crippen molar-refractivity contribution in [3.63, 3.8) is 0 Å². The van der Waals surface area contributed by atoms with E-state index in [1.807, 2.05) is 6.07 Å². The molecule has 1 nitrogen and oxygen atoms in total. The summed E-state index contributed by atoms with van der Waals surface area (Å²) in [6.45, 7) is 10.1. The number of hydrogen-bond donors (Lipinski definition) is 0. The van der Waals surface area contributed by atoms with Crippen LogP contribution >= 0.6 is 0 Å². The van der Waals surface area contributed by atoms with Crippen molar-refractivity contribution in [2.75, 3.05) is 0 Å². The minimum absolute atomic E-state index is 0.470. The highest BCUT2D eigenvalue weighted by Crippen LogP contribution is 2.16. The van der Waals surface area contributed by atoms with Crippen molar-refractivity contribution >= 4 is 8.07 Å². The minimum atomic E-state index is -1.16. The van der Waals surface area contributed by atoms with Crippen LogP contribution in [-0.4, -0.2) is 13.8 Å². The summed E-state index contributed by atoms with van der Waals surface area (Å²) in [4.78, 5) is 0. The average molecular weight is 222 g/mol. The Morgan fingerprint density at radius 2 is 1.73 bits per heavy atom. The number of ether oxygens (including phenoxy) is 1. The fraction of sp³-hybridized carbons (Fsp3) is 0.538. The van der Waals surface area contributed by atoms with Crippen LogP contribution in [-0.2, 0) is 11.3 Å². The van der Waals surface area contributed by atoms with E-state index in [4.69, 9.17) is 4.74 Å². The zero-order valence-electron chi connectivity index (χ0n) is 10.3. The zero-order valence-corrected chi connectivity index (χ0v) is 11.3. The standard InChI is InChI=1S/C13H22OSi/c1-5-13(15(2,3)4)14-11-12-9-7-6-8-10-12/h6-10,13H,5,11H2,1-4H3. The van der Waals surface area contributed by atoms with E-state index in [9.17, 15) is 0 Å². The van der Waals surface area contributed by atoms with Gasteiger partial charge < -0.3 is 4.74 Å². The lowest BCUT2D eigenvalue weighted by Gasteiger charge is -2.28. The molecular formula is C13H22OSi. The Morgan fingerprint density at radius 3 is 2.20 bits per heavy atom. The van der Waals surface area contributed by atoms with Crippen molar-refractivity contribution in [2.24, 2.45) is 0 Å². The monoisotopic (exact) mass is 222 g/mol. The molecule has 1 atom stereocenters. The second-order valence-electron chi connectivity index (χ2n) is 5.06. The van der Waals surface area contributed by atoms with Crippen molar-refractivity contribution in [2.45, 2.75) is 45.3 Å². The Bertz CT molecular complexity index is 276. The molecule has 0 aromatic heterocycles. The lowest BCUT2D eigenvalue weighted by atomic mass is 10.2. The summed E-state index contributed by atoms with van der Waals surface area (Å²) in [6.07, 6.45) is 1.13. The summed E-state index contributed by atoms with van der Waals surface area (Å²) < 4.78 is 6.00. The van der Waals surface area contributed by atoms with Gasteiger partial charge in [-0.05, 0) is 12.0 Å². The van der Waals surface area contributed by atoms with Crippen LogP contribution in [0.5, 0.6) is 0 Å². The van der Waals surface area contributed by atoms with Gasteiger partial charge in [-0.1, -0.05) is 56.9 Å². The first-order chi connectivity index (χ1) is 7.04. The van der Waals surface area contributed by atoms with Gasteiger partial charge in [0.2, 0.25) is 0 Å². The van der Waals surface area contributed by atoms with E-state index < -0.39 is 8.07 Å². The van der Waals surface area contributed by atoms with Crippen molar-refractivity contribution in [3.8, 4) is 0 Å². The fourth-order valence-corrected chi connectivity index (χ4v) is 3.56. The molecule has 0 radical (unpaired) electrons. The molecule has 0 fully saturated rings. The maximum atomic E-state index is 6.00. The first-order valence-corrected chi connectivity index (χ1v) is 9.27. The molecule has 0 aliphatic carbocycles. The highest BCUT2D eigenvalue weighted by Gasteiger charge is 2.25. The number of rotatable bonds is 5. The maximum Gasteiger partial charge on any atom is 0.0785 e. The summed E-state index contributed by atoms with van der Waals surface area (Å²) in [6, 6.07) is 10.4. The predicted molar refractivity (Wildman–Crippen MR) is 68.7 cm³/mol. The summed E-state index contributed by atoms with van der Waals surface area (Å²) in [5, 5.41) is 0. The Kier molecular flexibility index (Phi) is 4.55. The van der Waals surface area contributed by atoms with E-state index in [2.05, 4.69) is 50.8 Å². The third-order valence-corrected chi connectivity index (χ3v) is 5.14. The minimum Gasteiger partial charge on any atom is -0.377 e. The van der Waals surface area contributed by atoms with Gasteiger partial charge in [0, 0.05) is 5.73 Å². The van der Waals surface area contributed by atoms with Gasteiger partial charge in [0.1, 0.15) is 0 Å². The molecule has 0 saturated heterocycles. The molecule has 0 aliphatic rings. The van der Waals surface area contributed by atoms with Gasteiger partial charge in [0.25, 0.3) is 0 Å². The topological polar surface area (TPSA) is 9.23 Å². The Balaban J connectivity index is 2.49. The normalized spacial score (nSPS) is 13.9. The van der Waals surface area contributed by atoms with Gasteiger partial charge in [-0.2, -0.15) is 0 Å². The Morgan fingerprint density at radius 1 is 1.13 bits per heavy atom. The van der Waals surface area contributed by atoms with Crippen LogP contribution in [0.25, 0.3) is 0 Å². The molecule has 0 spiro atoms. The summed E-state index contributed by atoms with van der Waals surface area (Å²) in [5.74, 6) is 0. The fourth-order valence-electron chi connectivity index (χ4n) is 1.75. The lowest BCUT2D eigenvalue weighted by molar-refractivity contribution is 0.0839. The van der Waals surface area contributed by atoms with Crippen LogP contribution in [0.3, 0.4) is 0 Å². The smallest absolute Gasteiger partial charge is 0.0785 e. The van der Waals surface area contributed by atoms with Crippen LogP contribution in [0, 0.1) is 0 Å². The van der Waals surface area contributed by atoms with Crippen molar-refractivity contribution in [3.05, 3.63) is 35.9 Å². The van der Waals surface area contributed by atoms with Crippen molar-refractivity contribution in [1.82, 2.24) is 0 Å². The van der Waals surface area contributed by atoms with Gasteiger partial charge >= 0.3 is 0 Å². The molecule has 0 heterocycles. The SMILES string of the molecule is CCC(OCc1ccccc1)[Si](C)(C)C. The molecule has 15 heavy (non-hydrogen) atoms. The molecule has 0 saturated carbocycles. The van der Waals surface area contributed by atoms with E-state index in [-0.39, 0.29) is 0 Å². The molecule has 1 aromatic carbocycles. The summed E-state index contributed by atoms with van der Waals surface area (Å²) >= 11 is 0. The molecule has 1 rings (SSSR count). The van der Waals surface area contributed by atoms with Gasteiger partial charge in [-0.15, -0.1) is 0 Å².